The summed E-state index contributed by atoms with van der Waals surface area (Å²) in [5.74, 6) is 1.36. The Labute approximate surface area is 153 Å². The van der Waals surface area contributed by atoms with E-state index in [0.717, 1.165) is 17.7 Å². The molecule has 2 heterocycles. The number of methoxy groups -OCH3 is 1. The van der Waals surface area contributed by atoms with Crippen molar-refractivity contribution in [2.45, 2.75) is 18.9 Å². The molecule has 138 valence electrons. The Morgan fingerprint density at radius 2 is 2.08 bits per heavy atom. The predicted octanol–water partition coefficient (Wildman–Crippen LogP) is 2.47. The largest absolute Gasteiger partial charge is 0.490 e. The van der Waals surface area contributed by atoms with E-state index in [0.29, 0.717) is 25.4 Å². The highest BCUT2D eigenvalue weighted by atomic mass is 16.5. The zero-order chi connectivity index (χ0) is 18.4. The molecule has 6 nitrogen and oxygen atoms in total. The van der Waals surface area contributed by atoms with Gasteiger partial charge in [0.25, 0.3) is 5.91 Å². The Morgan fingerprint density at radius 1 is 1.23 bits per heavy atom. The summed E-state index contributed by atoms with van der Waals surface area (Å²) in [6.07, 6.45) is 3.98. The molecule has 1 amide bonds. The summed E-state index contributed by atoms with van der Waals surface area (Å²) < 4.78 is 17.2. The third-order valence-corrected chi connectivity index (χ3v) is 4.68. The minimum atomic E-state index is -0.494. The van der Waals surface area contributed by atoms with Gasteiger partial charge in [0.15, 0.2) is 6.61 Å². The van der Waals surface area contributed by atoms with Crippen molar-refractivity contribution in [1.29, 1.82) is 0 Å². The second kappa shape index (κ2) is 8.19. The summed E-state index contributed by atoms with van der Waals surface area (Å²) in [7, 11) is 1.67. The second-order valence-corrected chi connectivity index (χ2v) is 6.48. The smallest absolute Gasteiger partial charge is 0.260 e. The van der Waals surface area contributed by atoms with Crippen molar-refractivity contribution >= 4 is 5.91 Å². The summed E-state index contributed by atoms with van der Waals surface area (Å²) in [5.41, 5.74) is 0.584. The molecule has 0 saturated carbocycles. The molecule has 3 rings (SSSR count). The number of aryl methyl sites for hydroxylation is 1. The van der Waals surface area contributed by atoms with Crippen LogP contribution >= 0.6 is 0 Å². The average molecular weight is 356 g/mol. The minimum Gasteiger partial charge on any atom is -0.490 e. The minimum absolute atomic E-state index is 0.00978. The van der Waals surface area contributed by atoms with Gasteiger partial charge in [0.05, 0.1) is 12.7 Å². The van der Waals surface area contributed by atoms with Gasteiger partial charge >= 0.3 is 0 Å². The van der Waals surface area contributed by atoms with Crippen LogP contribution in [0.3, 0.4) is 0 Å². The summed E-state index contributed by atoms with van der Waals surface area (Å²) in [6.45, 7) is 3.52. The van der Waals surface area contributed by atoms with Crippen molar-refractivity contribution in [3.05, 3.63) is 54.4 Å². The van der Waals surface area contributed by atoms with E-state index in [9.17, 15) is 4.79 Å². The molecule has 0 bridgehead atoms. The first-order valence-electron chi connectivity index (χ1n) is 8.66. The zero-order valence-electron chi connectivity index (χ0n) is 15.2. The van der Waals surface area contributed by atoms with E-state index in [1.165, 1.54) is 0 Å². The molecule has 1 atom stereocenters. The van der Waals surface area contributed by atoms with Crippen LogP contribution < -0.4 is 9.47 Å². The third kappa shape index (κ3) is 4.32. The van der Waals surface area contributed by atoms with Crippen LogP contribution in [0.4, 0.5) is 0 Å². The molecule has 2 aromatic rings. The number of nitrogens with zero attached hydrogens (tertiary/aromatic N) is 2. The molecule has 26 heavy (non-hydrogen) atoms. The molecule has 1 fully saturated rings. The monoisotopic (exact) mass is 356 g/mol. The molecule has 1 aliphatic rings. The fourth-order valence-corrected chi connectivity index (χ4v) is 3.00. The predicted molar refractivity (Wildman–Crippen MR) is 97.3 cm³/mol. The maximum absolute atomic E-state index is 12.4. The van der Waals surface area contributed by atoms with Crippen molar-refractivity contribution in [3.8, 4) is 11.5 Å². The average Bonchev–Trinajstić information content (AvgIpc) is 3.11. The van der Waals surface area contributed by atoms with Gasteiger partial charge in [0.1, 0.15) is 23.7 Å². The van der Waals surface area contributed by atoms with Crippen LogP contribution in [0.25, 0.3) is 0 Å². The van der Waals surface area contributed by atoms with E-state index in [1.54, 1.807) is 36.5 Å². The molecule has 1 aliphatic heterocycles. The van der Waals surface area contributed by atoms with Crippen LogP contribution in [0.2, 0.25) is 0 Å². The van der Waals surface area contributed by atoms with E-state index >= 15 is 0 Å². The molecule has 0 aliphatic carbocycles. The van der Waals surface area contributed by atoms with Crippen LogP contribution in [-0.2, 0) is 9.53 Å². The lowest BCUT2D eigenvalue weighted by Gasteiger charge is -2.28. The highest BCUT2D eigenvalue weighted by Crippen LogP contribution is 2.27. The Morgan fingerprint density at radius 3 is 2.81 bits per heavy atom. The lowest BCUT2D eigenvalue weighted by molar-refractivity contribution is -0.134. The molecule has 0 N–H and O–H groups in total. The Kier molecular flexibility index (Phi) is 5.73. The van der Waals surface area contributed by atoms with Gasteiger partial charge in [-0.2, -0.15) is 0 Å². The van der Waals surface area contributed by atoms with E-state index in [-0.39, 0.29) is 12.5 Å². The number of rotatable bonds is 7. The number of carbonyl (C=O) groups excluding carboxylic acids is 1. The number of benzene rings is 1. The van der Waals surface area contributed by atoms with E-state index in [4.69, 9.17) is 14.2 Å². The fourth-order valence-electron chi connectivity index (χ4n) is 3.00. The van der Waals surface area contributed by atoms with Crippen LogP contribution in [-0.4, -0.2) is 54.8 Å². The van der Waals surface area contributed by atoms with Gasteiger partial charge in [0.2, 0.25) is 0 Å². The quantitative estimate of drug-likeness (QED) is 0.763. The SMILES string of the molecule is CO[C@]1(COc2ccccc2C)CCN(C(=O)COc2cccnc2)C1. The Hall–Kier alpha value is -2.60. The number of aromatic nitrogens is 1. The van der Waals surface area contributed by atoms with Crippen LogP contribution in [0.15, 0.2) is 48.8 Å². The van der Waals surface area contributed by atoms with Crippen LogP contribution in [0.1, 0.15) is 12.0 Å². The van der Waals surface area contributed by atoms with Crippen molar-refractivity contribution < 1.29 is 19.0 Å². The molecule has 6 heteroatoms. The first-order chi connectivity index (χ1) is 12.6. The molecule has 1 aromatic carbocycles. The van der Waals surface area contributed by atoms with Gasteiger partial charge in [-0.3, -0.25) is 9.78 Å². The number of carbonyl (C=O) groups is 1. The van der Waals surface area contributed by atoms with Crippen molar-refractivity contribution in [2.24, 2.45) is 0 Å². The van der Waals surface area contributed by atoms with Crippen LogP contribution in [0, 0.1) is 6.92 Å². The van der Waals surface area contributed by atoms with Gasteiger partial charge in [-0.15, -0.1) is 0 Å². The van der Waals surface area contributed by atoms with Gasteiger partial charge in [-0.1, -0.05) is 18.2 Å². The number of hydrogen-bond acceptors (Lipinski definition) is 5. The van der Waals surface area contributed by atoms with E-state index < -0.39 is 5.60 Å². The summed E-state index contributed by atoms with van der Waals surface area (Å²) >= 11 is 0. The van der Waals surface area contributed by atoms with Gasteiger partial charge in [-0.05, 0) is 37.1 Å². The maximum atomic E-state index is 12.4. The van der Waals surface area contributed by atoms with Gasteiger partial charge < -0.3 is 19.1 Å². The topological polar surface area (TPSA) is 60.9 Å². The summed E-state index contributed by atoms with van der Waals surface area (Å²) in [6, 6.07) is 11.4. The number of likely N-dealkylation sites (tertiary alicyclic amines) is 1. The molecule has 0 spiro atoms. The lowest BCUT2D eigenvalue weighted by Crippen LogP contribution is -2.43. The van der Waals surface area contributed by atoms with E-state index in [2.05, 4.69) is 4.98 Å². The number of ether oxygens (including phenoxy) is 3. The Bertz CT molecular complexity index is 738. The number of hydrogen-bond donors (Lipinski definition) is 0. The molecule has 0 unspecified atom stereocenters. The fraction of sp³-hybridized carbons (Fsp3) is 0.400. The number of para-hydroxylation sites is 1. The standard InChI is InChI=1S/C20H24N2O4/c1-16-6-3-4-8-18(16)26-15-20(24-2)9-11-22(14-20)19(23)13-25-17-7-5-10-21-12-17/h3-8,10,12H,9,11,13-15H2,1-2H3/t20-/m1/s1. The normalized spacial score (nSPS) is 19.4. The highest BCUT2D eigenvalue weighted by molar-refractivity contribution is 5.78. The third-order valence-electron chi connectivity index (χ3n) is 4.68. The Balaban J connectivity index is 1.54. The zero-order valence-corrected chi connectivity index (χ0v) is 15.2. The first kappa shape index (κ1) is 18.2. The second-order valence-electron chi connectivity index (χ2n) is 6.48. The molecule has 1 saturated heterocycles. The van der Waals surface area contributed by atoms with Crippen LogP contribution in [0.5, 0.6) is 11.5 Å². The summed E-state index contributed by atoms with van der Waals surface area (Å²) in [4.78, 5) is 18.2. The molecular weight excluding hydrogens is 332 g/mol. The lowest BCUT2D eigenvalue weighted by atomic mass is 10.0. The van der Waals surface area contributed by atoms with Crippen molar-refractivity contribution in [3.63, 3.8) is 0 Å². The number of pyridine rings is 1. The van der Waals surface area contributed by atoms with Crippen molar-refractivity contribution in [2.75, 3.05) is 33.4 Å². The molecular formula is C20H24N2O4. The van der Waals surface area contributed by atoms with Crippen molar-refractivity contribution in [1.82, 2.24) is 9.88 Å². The summed E-state index contributed by atoms with van der Waals surface area (Å²) in [5, 5.41) is 0. The number of amides is 1. The first-order valence-corrected chi connectivity index (χ1v) is 8.66. The van der Waals surface area contributed by atoms with E-state index in [1.807, 2.05) is 31.2 Å². The highest BCUT2D eigenvalue weighted by Gasteiger charge is 2.41. The molecule has 1 aromatic heterocycles. The van der Waals surface area contributed by atoms with Gasteiger partial charge in [-0.25, -0.2) is 0 Å². The molecule has 0 radical (unpaired) electrons. The van der Waals surface area contributed by atoms with Gasteiger partial charge in [0, 0.05) is 19.9 Å². The maximum Gasteiger partial charge on any atom is 0.260 e.